The molecule has 0 spiro atoms. The van der Waals surface area contributed by atoms with Crippen LogP contribution in [-0.4, -0.2) is 85.0 Å². The van der Waals surface area contributed by atoms with Crippen molar-refractivity contribution in [3.8, 4) is 0 Å². The average Bonchev–Trinajstić information content (AvgIpc) is 3.25. The minimum absolute atomic E-state index is 0.130. The number of rotatable bonds is 7. The van der Waals surface area contributed by atoms with Crippen molar-refractivity contribution < 1.29 is 14.3 Å². The number of amides is 2. The maximum Gasteiger partial charge on any atom is 0.248 e. The van der Waals surface area contributed by atoms with Crippen LogP contribution in [0.2, 0.25) is 0 Å². The number of nitrogens with zero attached hydrogens (tertiary/aromatic N) is 3. The summed E-state index contributed by atoms with van der Waals surface area (Å²) in [5, 5.41) is 0. The summed E-state index contributed by atoms with van der Waals surface area (Å²) in [5.41, 5.74) is 0. The predicted octanol–water partition coefficient (Wildman–Crippen LogP) is 2.13. The van der Waals surface area contributed by atoms with E-state index in [-0.39, 0.29) is 18.4 Å². The Morgan fingerprint density at radius 3 is 2.37 bits per heavy atom. The van der Waals surface area contributed by atoms with E-state index in [2.05, 4.69) is 16.7 Å². The van der Waals surface area contributed by atoms with Crippen molar-refractivity contribution in [3.05, 3.63) is 0 Å². The zero-order valence-corrected chi connectivity index (χ0v) is 17.0. The Hall–Kier alpha value is -1.14. The third-order valence-electron chi connectivity index (χ3n) is 6.42. The molecule has 0 N–H and O–H groups in total. The number of likely N-dealkylation sites (tertiary alicyclic amines) is 3. The highest BCUT2D eigenvalue weighted by atomic mass is 16.5. The summed E-state index contributed by atoms with van der Waals surface area (Å²) in [4.78, 5) is 31.6. The first-order valence-electron chi connectivity index (χ1n) is 11.1. The molecule has 3 aliphatic rings. The van der Waals surface area contributed by atoms with Gasteiger partial charge in [0.1, 0.15) is 6.61 Å². The van der Waals surface area contributed by atoms with Crippen LogP contribution in [0.3, 0.4) is 0 Å². The summed E-state index contributed by atoms with van der Waals surface area (Å²) < 4.78 is 5.48. The molecule has 1 atom stereocenters. The molecule has 0 aromatic carbocycles. The van der Waals surface area contributed by atoms with Gasteiger partial charge in [0.15, 0.2) is 0 Å². The van der Waals surface area contributed by atoms with Crippen LogP contribution in [0.25, 0.3) is 0 Å². The molecular weight excluding hydrogens is 342 g/mol. The van der Waals surface area contributed by atoms with Gasteiger partial charge in [0.2, 0.25) is 11.8 Å². The lowest BCUT2D eigenvalue weighted by Gasteiger charge is -2.42. The number of unbranched alkanes of at least 4 members (excludes halogenated alkanes) is 1. The predicted molar refractivity (Wildman–Crippen MR) is 105 cm³/mol. The maximum atomic E-state index is 12.7. The summed E-state index contributed by atoms with van der Waals surface area (Å²) in [6.07, 6.45) is 8.63. The molecule has 154 valence electrons. The molecule has 6 heteroatoms. The number of carbonyl (C=O) groups is 2. The summed E-state index contributed by atoms with van der Waals surface area (Å²) in [5.74, 6) is 0.697. The summed E-state index contributed by atoms with van der Waals surface area (Å²) in [6, 6.07) is 0.518. The second-order valence-corrected chi connectivity index (χ2v) is 8.38. The molecule has 27 heavy (non-hydrogen) atoms. The Morgan fingerprint density at radius 2 is 1.67 bits per heavy atom. The van der Waals surface area contributed by atoms with E-state index < -0.39 is 0 Å². The highest BCUT2D eigenvalue weighted by Gasteiger charge is 2.34. The minimum atomic E-state index is 0.130. The third kappa shape index (κ3) is 5.67. The van der Waals surface area contributed by atoms with Crippen molar-refractivity contribution in [2.45, 2.75) is 64.3 Å². The van der Waals surface area contributed by atoms with Crippen molar-refractivity contribution in [1.82, 2.24) is 14.7 Å². The van der Waals surface area contributed by atoms with Crippen molar-refractivity contribution in [2.24, 2.45) is 5.92 Å². The number of carbonyl (C=O) groups excluding carboxylic acids is 2. The topological polar surface area (TPSA) is 53.1 Å². The molecule has 0 radical (unpaired) electrons. The highest BCUT2D eigenvalue weighted by molar-refractivity contribution is 5.79. The maximum absolute atomic E-state index is 12.7. The molecule has 3 heterocycles. The summed E-state index contributed by atoms with van der Waals surface area (Å²) >= 11 is 0. The lowest BCUT2D eigenvalue weighted by atomic mass is 9.93. The van der Waals surface area contributed by atoms with Gasteiger partial charge in [0, 0.05) is 45.4 Å². The molecule has 3 rings (SSSR count). The molecule has 3 saturated heterocycles. The Kier molecular flexibility index (Phi) is 7.94. The van der Waals surface area contributed by atoms with Gasteiger partial charge in [-0.2, -0.15) is 0 Å². The zero-order chi connectivity index (χ0) is 19.1. The average molecular weight is 380 g/mol. The SMILES string of the molecule is CCCCOCC(=O)N1CCC(N2CCCC(C(=O)N3CCCC3)C2)CC1. The number of hydrogen-bond acceptors (Lipinski definition) is 4. The first-order valence-corrected chi connectivity index (χ1v) is 11.1. The van der Waals surface area contributed by atoms with Crippen LogP contribution in [0.1, 0.15) is 58.3 Å². The minimum Gasteiger partial charge on any atom is -0.372 e. The van der Waals surface area contributed by atoms with Crippen LogP contribution in [0.15, 0.2) is 0 Å². The number of ether oxygens (including phenoxy) is 1. The van der Waals surface area contributed by atoms with E-state index in [1.807, 2.05) is 4.90 Å². The smallest absolute Gasteiger partial charge is 0.248 e. The fourth-order valence-corrected chi connectivity index (χ4v) is 4.71. The fraction of sp³-hybridized carbons (Fsp3) is 0.905. The van der Waals surface area contributed by atoms with Crippen LogP contribution in [0.5, 0.6) is 0 Å². The van der Waals surface area contributed by atoms with Gasteiger partial charge in [-0.1, -0.05) is 13.3 Å². The third-order valence-corrected chi connectivity index (χ3v) is 6.42. The fourth-order valence-electron chi connectivity index (χ4n) is 4.71. The van der Waals surface area contributed by atoms with Crippen LogP contribution in [0, 0.1) is 5.92 Å². The largest absolute Gasteiger partial charge is 0.372 e. The van der Waals surface area contributed by atoms with Gasteiger partial charge in [-0.15, -0.1) is 0 Å². The molecule has 1 unspecified atom stereocenters. The Bertz CT molecular complexity index is 485. The molecular formula is C21H37N3O3. The van der Waals surface area contributed by atoms with E-state index in [9.17, 15) is 9.59 Å². The highest BCUT2D eigenvalue weighted by Crippen LogP contribution is 2.26. The lowest BCUT2D eigenvalue weighted by Crippen LogP contribution is -2.52. The summed E-state index contributed by atoms with van der Waals surface area (Å²) in [7, 11) is 0. The van der Waals surface area contributed by atoms with Crippen molar-refractivity contribution >= 4 is 11.8 Å². The van der Waals surface area contributed by atoms with Gasteiger partial charge < -0.3 is 14.5 Å². The quantitative estimate of drug-likeness (QED) is 0.636. The Balaban J connectivity index is 1.41. The summed E-state index contributed by atoms with van der Waals surface area (Å²) in [6.45, 7) is 8.59. The molecule has 0 bridgehead atoms. The van der Waals surface area contributed by atoms with Crippen LogP contribution >= 0.6 is 0 Å². The second-order valence-electron chi connectivity index (χ2n) is 8.38. The monoisotopic (exact) mass is 379 g/mol. The lowest BCUT2D eigenvalue weighted by molar-refractivity contribution is -0.138. The van der Waals surface area contributed by atoms with E-state index in [1.54, 1.807) is 0 Å². The van der Waals surface area contributed by atoms with Gasteiger partial charge in [0.25, 0.3) is 0 Å². The van der Waals surface area contributed by atoms with E-state index in [0.29, 0.717) is 18.6 Å². The van der Waals surface area contributed by atoms with Gasteiger partial charge >= 0.3 is 0 Å². The molecule has 0 aromatic heterocycles. The van der Waals surface area contributed by atoms with Gasteiger partial charge in [-0.3, -0.25) is 14.5 Å². The second kappa shape index (κ2) is 10.4. The van der Waals surface area contributed by atoms with Crippen LogP contribution < -0.4 is 0 Å². The van der Waals surface area contributed by atoms with Gasteiger partial charge in [-0.05, 0) is 51.5 Å². The van der Waals surface area contributed by atoms with Crippen molar-refractivity contribution in [3.63, 3.8) is 0 Å². The van der Waals surface area contributed by atoms with Crippen molar-refractivity contribution in [1.29, 1.82) is 0 Å². The van der Waals surface area contributed by atoms with E-state index in [1.165, 1.54) is 0 Å². The Morgan fingerprint density at radius 1 is 0.926 bits per heavy atom. The first-order chi connectivity index (χ1) is 13.2. The molecule has 3 aliphatic heterocycles. The zero-order valence-electron chi connectivity index (χ0n) is 17.0. The normalized spacial score (nSPS) is 25.1. The molecule has 6 nitrogen and oxygen atoms in total. The molecule has 0 aromatic rings. The van der Waals surface area contributed by atoms with Gasteiger partial charge in [0.05, 0.1) is 5.92 Å². The van der Waals surface area contributed by atoms with E-state index in [4.69, 9.17) is 4.74 Å². The molecule has 0 aliphatic carbocycles. The molecule has 2 amide bonds. The van der Waals surface area contributed by atoms with E-state index in [0.717, 1.165) is 90.6 Å². The number of piperidine rings is 2. The molecule has 3 fully saturated rings. The van der Waals surface area contributed by atoms with E-state index >= 15 is 0 Å². The Labute approximate surface area is 164 Å². The standard InChI is InChI=1S/C21H37N3O3/c1-2-3-15-27-17-20(25)22-13-8-19(9-14-22)24-12-6-7-18(16-24)21(26)23-10-4-5-11-23/h18-19H,2-17H2,1H3. The molecule has 0 saturated carbocycles. The first kappa shape index (κ1) is 20.6. The van der Waals surface area contributed by atoms with Crippen LogP contribution in [-0.2, 0) is 14.3 Å². The van der Waals surface area contributed by atoms with Crippen molar-refractivity contribution in [2.75, 3.05) is 52.5 Å². The number of hydrogen-bond donors (Lipinski definition) is 0. The van der Waals surface area contributed by atoms with Gasteiger partial charge in [-0.25, -0.2) is 0 Å². The van der Waals surface area contributed by atoms with Crippen LogP contribution in [0.4, 0.5) is 0 Å².